The Balaban J connectivity index is 2.63. The molecule has 0 aliphatic heterocycles. The number of carbonyl (C=O) groups excluding carboxylic acids is 1. The molecule has 0 bridgehead atoms. The lowest BCUT2D eigenvalue weighted by molar-refractivity contribution is -0.137. The number of amides is 1. The van der Waals surface area contributed by atoms with Gasteiger partial charge < -0.3 is 10.0 Å². The molecule has 0 aliphatic rings. The maximum Gasteiger partial charge on any atom is 0.305 e. The second kappa shape index (κ2) is 5.41. The molecule has 1 N–H and O–H groups in total. The molecule has 0 aromatic carbocycles. The summed E-state index contributed by atoms with van der Waals surface area (Å²) < 4.78 is 0. The quantitative estimate of drug-likeness (QED) is 0.841. The Kier molecular flexibility index (Phi) is 4.19. The second-order valence-electron chi connectivity index (χ2n) is 3.09. The minimum Gasteiger partial charge on any atom is -0.481 e. The van der Waals surface area contributed by atoms with E-state index in [0.717, 1.165) is 0 Å². The van der Waals surface area contributed by atoms with Gasteiger partial charge in [0.2, 0.25) is 0 Å². The molecular formula is C9H10ClN3O3. The van der Waals surface area contributed by atoms with Crippen molar-refractivity contribution in [3.63, 3.8) is 0 Å². The number of hydrogen-bond acceptors (Lipinski definition) is 4. The Hall–Kier alpha value is -1.69. The summed E-state index contributed by atoms with van der Waals surface area (Å²) in [7, 11) is 1.50. The summed E-state index contributed by atoms with van der Waals surface area (Å²) in [5.41, 5.74) is 0.136. The summed E-state index contributed by atoms with van der Waals surface area (Å²) in [5.74, 6) is -1.34. The summed E-state index contributed by atoms with van der Waals surface area (Å²) in [6.45, 7) is 0.123. The lowest BCUT2D eigenvalue weighted by Crippen LogP contribution is -2.29. The minimum atomic E-state index is -0.957. The lowest BCUT2D eigenvalue weighted by atomic mass is 10.3. The van der Waals surface area contributed by atoms with E-state index in [2.05, 4.69) is 9.97 Å². The van der Waals surface area contributed by atoms with Crippen molar-refractivity contribution >= 4 is 23.5 Å². The fourth-order valence-corrected chi connectivity index (χ4v) is 1.08. The topological polar surface area (TPSA) is 83.4 Å². The highest BCUT2D eigenvalue weighted by molar-refractivity contribution is 6.29. The fraction of sp³-hybridized carbons (Fsp3) is 0.333. The number of halogens is 1. The number of aliphatic carboxylic acids is 1. The highest BCUT2D eigenvalue weighted by atomic mass is 35.5. The number of nitrogens with zero attached hydrogens (tertiary/aromatic N) is 3. The van der Waals surface area contributed by atoms with E-state index in [1.54, 1.807) is 0 Å². The number of carbonyl (C=O) groups is 2. The molecule has 0 radical (unpaired) electrons. The van der Waals surface area contributed by atoms with Crippen molar-refractivity contribution < 1.29 is 14.7 Å². The normalized spacial score (nSPS) is 9.88. The SMILES string of the molecule is CN(CCC(=O)O)C(=O)c1cnc(Cl)cn1. The molecule has 0 saturated heterocycles. The van der Waals surface area contributed by atoms with Gasteiger partial charge in [-0.15, -0.1) is 0 Å². The summed E-state index contributed by atoms with van der Waals surface area (Å²) >= 11 is 5.52. The molecule has 1 heterocycles. The van der Waals surface area contributed by atoms with Gasteiger partial charge in [0.05, 0.1) is 18.8 Å². The first-order valence-corrected chi connectivity index (χ1v) is 4.83. The molecule has 1 amide bonds. The van der Waals surface area contributed by atoms with Crippen LogP contribution in [0, 0.1) is 0 Å². The molecule has 86 valence electrons. The van der Waals surface area contributed by atoms with Gasteiger partial charge in [-0.25, -0.2) is 9.97 Å². The largest absolute Gasteiger partial charge is 0.481 e. The molecule has 0 fully saturated rings. The molecule has 7 heteroatoms. The monoisotopic (exact) mass is 243 g/mol. The van der Waals surface area contributed by atoms with Crippen molar-refractivity contribution in [2.45, 2.75) is 6.42 Å². The van der Waals surface area contributed by atoms with Crippen LogP contribution in [0.3, 0.4) is 0 Å². The number of carboxylic acid groups (broad SMARTS) is 1. The van der Waals surface area contributed by atoms with Crippen LogP contribution in [0.25, 0.3) is 0 Å². The van der Waals surface area contributed by atoms with Crippen molar-refractivity contribution in [2.75, 3.05) is 13.6 Å². The molecule has 1 rings (SSSR count). The number of rotatable bonds is 4. The second-order valence-corrected chi connectivity index (χ2v) is 3.48. The first kappa shape index (κ1) is 12.4. The fourth-order valence-electron chi connectivity index (χ4n) is 0.983. The van der Waals surface area contributed by atoms with E-state index in [4.69, 9.17) is 16.7 Å². The van der Waals surface area contributed by atoms with Crippen LogP contribution in [0.2, 0.25) is 5.15 Å². The first-order valence-electron chi connectivity index (χ1n) is 4.45. The van der Waals surface area contributed by atoms with Gasteiger partial charge >= 0.3 is 5.97 Å². The molecule has 1 aromatic heterocycles. The molecule has 0 aliphatic carbocycles. The number of carboxylic acids is 1. The highest BCUT2D eigenvalue weighted by Crippen LogP contribution is 2.04. The molecule has 0 saturated carbocycles. The average Bonchev–Trinajstić information content (AvgIpc) is 2.26. The molecule has 0 atom stereocenters. The van der Waals surface area contributed by atoms with E-state index >= 15 is 0 Å². The van der Waals surface area contributed by atoms with Gasteiger partial charge in [-0.2, -0.15) is 0 Å². The van der Waals surface area contributed by atoms with Crippen molar-refractivity contribution in [1.29, 1.82) is 0 Å². The zero-order valence-electron chi connectivity index (χ0n) is 8.55. The summed E-state index contributed by atoms with van der Waals surface area (Å²) in [4.78, 5) is 30.8. The van der Waals surface area contributed by atoms with Crippen LogP contribution in [-0.2, 0) is 4.79 Å². The maximum atomic E-state index is 11.7. The zero-order chi connectivity index (χ0) is 12.1. The predicted molar refractivity (Wildman–Crippen MR) is 56.3 cm³/mol. The Morgan fingerprint density at radius 1 is 1.44 bits per heavy atom. The average molecular weight is 244 g/mol. The van der Waals surface area contributed by atoms with Gasteiger partial charge in [0, 0.05) is 13.6 Å². The first-order chi connectivity index (χ1) is 7.50. The van der Waals surface area contributed by atoms with Crippen molar-refractivity contribution in [1.82, 2.24) is 14.9 Å². The van der Waals surface area contributed by atoms with Crippen LogP contribution in [0.4, 0.5) is 0 Å². The Bertz CT molecular complexity index is 393. The van der Waals surface area contributed by atoms with Crippen LogP contribution in [0.5, 0.6) is 0 Å². The highest BCUT2D eigenvalue weighted by Gasteiger charge is 2.14. The van der Waals surface area contributed by atoms with Crippen LogP contribution in [0.1, 0.15) is 16.9 Å². The van der Waals surface area contributed by atoms with Gasteiger partial charge in [-0.05, 0) is 0 Å². The summed E-state index contributed by atoms with van der Waals surface area (Å²) in [6.07, 6.45) is 2.41. The van der Waals surface area contributed by atoms with Crippen LogP contribution in [-0.4, -0.2) is 45.4 Å². The van der Waals surface area contributed by atoms with Crippen molar-refractivity contribution in [3.8, 4) is 0 Å². The zero-order valence-corrected chi connectivity index (χ0v) is 9.31. The molecule has 0 spiro atoms. The van der Waals surface area contributed by atoms with Crippen molar-refractivity contribution in [2.24, 2.45) is 0 Å². The van der Waals surface area contributed by atoms with E-state index in [1.165, 1.54) is 24.3 Å². The van der Waals surface area contributed by atoms with Crippen LogP contribution in [0.15, 0.2) is 12.4 Å². The number of aromatic nitrogens is 2. The molecule has 1 aromatic rings. The maximum absolute atomic E-state index is 11.7. The smallest absolute Gasteiger partial charge is 0.305 e. The third kappa shape index (κ3) is 3.47. The molecule has 0 unspecified atom stereocenters. The summed E-state index contributed by atoms with van der Waals surface area (Å²) in [5, 5.41) is 8.67. The molecule has 16 heavy (non-hydrogen) atoms. The van der Waals surface area contributed by atoms with E-state index in [-0.39, 0.29) is 29.7 Å². The van der Waals surface area contributed by atoms with E-state index in [1.807, 2.05) is 0 Å². The standard InChI is InChI=1S/C9H10ClN3O3/c1-13(3-2-8(14)15)9(16)6-4-12-7(10)5-11-6/h4-5H,2-3H2,1H3,(H,14,15). The Morgan fingerprint density at radius 2 is 2.12 bits per heavy atom. The van der Waals surface area contributed by atoms with E-state index in [9.17, 15) is 9.59 Å². The van der Waals surface area contributed by atoms with Gasteiger partial charge in [0.1, 0.15) is 10.8 Å². The Labute approximate surface area is 96.9 Å². The third-order valence-corrected chi connectivity index (χ3v) is 2.04. The van der Waals surface area contributed by atoms with Crippen LogP contribution >= 0.6 is 11.6 Å². The van der Waals surface area contributed by atoms with Gasteiger partial charge in [0.25, 0.3) is 5.91 Å². The predicted octanol–water partition coefficient (Wildman–Crippen LogP) is 0.677. The van der Waals surface area contributed by atoms with Gasteiger partial charge in [0.15, 0.2) is 0 Å². The van der Waals surface area contributed by atoms with E-state index in [0.29, 0.717) is 0 Å². The van der Waals surface area contributed by atoms with Crippen LogP contribution < -0.4 is 0 Å². The van der Waals surface area contributed by atoms with E-state index < -0.39 is 5.97 Å². The minimum absolute atomic E-state index is 0.108. The molecular weight excluding hydrogens is 234 g/mol. The van der Waals surface area contributed by atoms with Crippen molar-refractivity contribution in [3.05, 3.63) is 23.2 Å². The Morgan fingerprint density at radius 3 is 2.62 bits per heavy atom. The lowest BCUT2D eigenvalue weighted by Gasteiger charge is -2.14. The number of hydrogen-bond donors (Lipinski definition) is 1. The third-order valence-electron chi connectivity index (χ3n) is 1.85. The molecule has 6 nitrogen and oxygen atoms in total. The van der Waals surface area contributed by atoms with Gasteiger partial charge in [-0.3, -0.25) is 9.59 Å². The van der Waals surface area contributed by atoms with Gasteiger partial charge in [-0.1, -0.05) is 11.6 Å². The summed E-state index contributed by atoms with van der Waals surface area (Å²) in [6, 6.07) is 0.